The van der Waals surface area contributed by atoms with E-state index >= 15 is 0 Å². The van der Waals surface area contributed by atoms with Gasteiger partial charge in [-0.3, -0.25) is 19.2 Å². The van der Waals surface area contributed by atoms with E-state index in [4.69, 9.17) is 9.47 Å². The van der Waals surface area contributed by atoms with Crippen LogP contribution in [0.2, 0.25) is 0 Å². The molecule has 2 unspecified atom stereocenters. The van der Waals surface area contributed by atoms with Crippen molar-refractivity contribution in [1.29, 1.82) is 0 Å². The quantitative estimate of drug-likeness (QED) is 0.110. The molecular weight excluding hydrogens is 731 g/mol. The number of benzene rings is 3. The fourth-order valence-electron chi connectivity index (χ4n) is 5.75. The largest absolute Gasteiger partial charge is 0.480 e. The molecule has 3 atom stereocenters. The predicted molar refractivity (Wildman–Crippen MR) is 204 cm³/mol. The second-order valence-electron chi connectivity index (χ2n) is 13.2. The lowest BCUT2D eigenvalue weighted by Crippen LogP contribution is -2.52. The van der Waals surface area contributed by atoms with Gasteiger partial charge in [-0.1, -0.05) is 104 Å². The Balaban J connectivity index is 1.18. The molecule has 16 heteroatoms. The van der Waals surface area contributed by atoms with Crippen molar-refractivity contribution in [2.24, 2.45) is 5.92 Å². The number of carboxylic acid groups (broad SMARTS) is 1. The van der Waals surface area contributed by atoms with Crippen molar-refractivity contribution in [2.45, 2.75) is 57.8 Å². The van der Waals surface area contributed by atoms with Crippen LogP contribution in [0.15, 0.2) is 78.9 Å². The summed E-state index contributed by atoms with van der Waals surface area (Å²) in [5.74, 6) is -4.21. The normalized spacial score (nSPS) is 13.2. The number of carbonyl (C=O) groups is 7. The number of amides is 5. The highest BCUT2D eigenvalue weighted by atomic mass is 32.2. The van der Waals surface area contributed by atoms with Crippen LogP contribution in [-0.2, 0) is 40.1 Å². The first-order valence-corrected chi connectivity index (χ1v) is 18.6. The van der Waals surface area contributed by atoms with Crippen molar-refractivity contribution in [1.82, 2.24) is 26.6 Å². The number of nitrogens with one attached hydrogen (secondary N) is 5. The Bertz CT molecular complexity index is 1810. The Labute approximate surface area is 322 Å². The number of fused-ring (bicyclic) bond motifs is 3. The van der Waals surface area contributed by atoms with Gasteiger partial charge in [-0.25, -0.2) is 14.4 Å². The van der Waals surface area contributed by atoms with E-state index in [9.17, 15) is 38.7 Å². The zero-order valence-electron chi connectivity index (χ0n) is 30.7. The van der Waals surface area contributed by atoms with Crippen molar-refractivity contribution in [3.63, 3.8) is 0 Å². The van der Waals surface area contributed by atoms with Crippen LogP contribution < -0.4 is 26.6 Å². The Morgan fingerprint density at radius 1 is 0.691 bits per heavy atom. The summed E-state index contributed by atoms with van der Waals surface area (Å²) < 4.78 is 10.6. The van der Waals surface area contributed by atoms with E-state index in [0.717, 1.165) is 27.8 Å². The van der Waals surface area contributed by atoms with E-state index < -0.39 is 72.2 Å². The average Bonchev–Trinajstić information content (AvgIpc) is 3.49. The van der Waals surface area contributed by atoms with Crippen LogP contribution in [0.4, 0.5) is 9.59 Å². The molecule has 6 N–H and O–H groups in total. The molecule has 0 bridgehead atoms. The van der Waals surface area contributed by atoms with Crippen molar-refractivity contribution in [3.05, 3.63) is 95.6 Å². The molecule has 3 aromatic rings. The second-order valence-corrected chi connectivity index (χ2v) is 14.2. The van der Waals surface area contributed by atoms with Gasteiger partial charge in [0.2, 0.25) is 22.8 Å². The van der Waals surface area contributed by atoms with E-state index in [1.54, 1.807) is 24.3 Å². The van der Waals surface area contributed by atoms with Crippen LogP contribution in [0.25, 0.3) is 11.1 Å². The summed E-state index contributed by atoms with van der Waals surface area (Å²) >= 11 is 0.594. The van der Waals surface area contributed by atoms with Gasteiger partial charge in [-0.15, -0.1) is 0 Å². The van der Waals surface area contributed by atoms with Crippen LogP contribution >= 0.6 is 11.8 Å². The van der Waals surface area contributed by atoms with E-state index in [1.807, 2.05) is 68.4 Å². The first kappa shape index (κ1) is 41.9. The van der Waals surface area contributed by atoms with Crippen LogP contribution in [0.3, 0.4) is 0 Å². The average molecular weight is 776 g/mol. The summed E-state index contributed by atoms with van der Waals surface area (Å²) in [6.07, 6.45) is -1.44. The first-order valence-electron chi connectivity index (χ1n) is 17.6. The number of carbonyl (C=O) groups excluding carboxylic acids is 6. The zero-order valence-corrected chi connectivity index (χ0v) is 31.5. The molecule has 0 saturated heterocycles. The lowest BCUT2D eigenvalue weighted by atomic mass is 9.98. The number of alkyl carbamates (subject to hydrolysis) is 2. The van der Waals surface area contributed by atoms with Crippen LogP contribution in [0, 0.1) is 5.92 Å². The maximum absolute atomic E-state index is 13.0. The molecule has 0 aromatic heterocycles. The van der Waals surface area contributed by atoms with Gasteiger partial charge in [0.15, 0.2) is 0 Å². The first-order chi connectivity index (χ1) is 26.3. The molecule has 3 aromatic carbocycles. The van der Waals surface area contributed by atoms with Gasteiger partial charge in [0.1, 0.15) is 31.8 Å². The fraction of sp³-hybridized carbons (Fsp3) is 0.359. The molecule has 15 nitrogen and oxygen atoms in total. The summed E-state index contributed by atoms with van der Waals surface area (Å²) in [5.41, 5.74) is 4.98. The number of carboxylic acids is 1. The van der Waals surface area contributed by atoms with Gasteiger partial charge in [0.25, 0.3) is 0 Å². The van der Waals surface area contributed by atoms with Gasteiger partial charge in [0.05, 0.1) is 12.6 Å². The molecule has 1 aliphatic rings. The Morgan fingerprint density at radius 2 is 1.25 bits per heavy atom. The molecule has 0 fully saturated rings. The van der Waals surface area contributed by atoms with Gasteiger partial charge in [0, 0.05) is 11.7 Å². The maximum atomic E-state index is 13.0. The van der Waals surface area contributed by atoms with E-state index in [2.05, 4.69) is 26.6 Å². The molecule has 5 amide bonds. The minimum absolute atomic E-state index is 0.00413. The standard InChI is InChI=1S/C39H45N5O10S/c1-23(2)17-31(43-34(46)19-41-38(51)54-21-30-28-15-9-7-13-26(28)27-14-8-10-16-29(27)30)35(47)40-18-33(45)44-32(36(48)49)22-55-37(50)24(3)42-39(52)53-20-25-11-5-4-6-12-25/h4-16,23-24,30-32H,17-22H2,1-3H3,(H,40,47)(H,41,51)(H,42,52)(H,43,46)(H,44,45)(H,48,49)/t24?,31-,32?/m0/s1. The van der Waals surface area contributed by atoms with Crippen LogP contribution in [0.1, 0.15) is 49.8 Å². The number of hydrogen-bond acceptors (Lipinski definition) is 10. The van der Waals surface area contributed by atoms with E-state index in [-0.39, 0.29) is 37.2 Å². The third-order valence-electron chi connectivity index (χ3n) is 8.45. The van der Waals surface area contributed by atoms with Crippen molar-refractivity contribution < 1.29 is 48.1 Å². The SMILES string of the molecule is CC(C)C[C@H](NC(=O)CNC(=O)OCC1c2ccccc2-c2ccccc21)C(=O)NCC(=O)NC(CSC(=O)C(C)NC(=O)OCc1ccccc1)C(=O)O. The highest BCUT2D eigenvalue weighted by molar-refractivity contribution is 8.13. The van der Waals surface area contributed by atoms with E-state index in [1.165, 1.54) is 6.92 Å². The number of hydrogen-bond donors (Lipinski definition) is 6. The molecule has 55 heavy (non-hydrogen) atoms. The Morgan fingerprint density at radius 3 is 1.85 bits per heavy atom. The van der Waals surface area contributed by atoms with Crippen LogP contribution in [-0.4, -0.2) is 89.7 Å². The highest BCUT2D eigenvalue weighted by Crippen LogP contribution is 2.44. The van der Waals surface area contributed by atoms with Crippen LogP contribution in [0.5, 0.6) is 0 Å². The van der Waals surface area contributed by atoms with Gasteiger partial charge < -0.3 is 41.2 Å². The van der Waals surface area contributed by atoms with Crippen molar-refractivity contribution in [3.8, 4) is 11.1 Å². The van der Waals surface area contributed by atoms with Gasteiger partial charge >= 0.3 is 18.2 Å². The molecule has 0 aliphatic heterocycles. The highest BCUT2D eigenvalue weighted by Gasteiger charge is 2.30. The lowest BCUT2D eigenvalue weighted by molar-refractivity contribution is -0.141. The smallest absolute Gasteiger partial charge is 0.408 e. The zero-order chi connectivity index (χ0) is 39.9. The lowest BCUT2D eigenvalue weighted by Gasteiger charge is -2.21. The van der Waals surface area contributed by atoms with Gasteiger partial charge in [-0.05, 0) is 47.1 Å². The number of aliphatic carboxylic acids is 1. The Hall–Kier alpha value is -5.90. The van der Waals surface area contributed by atoms with E-state index in [0.29, 0.717) is 11.8 Å². The fourth-order valence-corrected chi connectivity index (χ4v) is 6.62. The third kappa shape index (κ3) is 12.9. The van der Waals surface area contributed by atoms with Crippen molar-refractivity contribution >= 4 is 52.8 Å². The molecular formula is C39H45N5O10S. The molecule has 4 rings (SSSR count). The summed E-state index contributed by atoms with van der Waals surface area (Å²) in [7, 11) is 0. The number of rotatable bonds is 18. The monoisotopic (exact) mass is 775 g/mol. The number of ether oxygens (including phenoxy) is 2. The molecule has 0 spiro atoms. The molecule has 0 saturated carbocycles. The summed E-state index contributed by atoms with van der Waals surface area (Å²) in [6.45, 7) is 4.03. The minimum atomic E-state index is -1.49. The molecule has 0 heterocycles. The molecule has 0 radical (unpaired) electrons. The van der Waals surface area contributed by atoms with Gasteiger partial charge in [-0.2, -0.15) is 0 Å². The topological polar surface area (TPSA) is 218 Å². The second kappa shape index (κ2) is 20.5. The molecule has 292 valence electrons. The summed E-state index contributed by atoms with van der Waals surface area (Å²) in [5, 5.41) is 21.0. The summed E-state index contributed by atoms with van der Waals surface area (Å²) in [4.78, 5) is 87.4. The maximum Gasteiger partial charge on any atom is 0.408 e. The Kier molecular flexibility index (Phi) is 15.6. The predicted octanol–water partition coefficient (Wildman–Crippen LogP) is 3.32. The van der Waals surface area contributed by atoms with Crippen molar-refractivity contribution in [2.75, 3.05) is 25.4 Å². The third-order valence-corrected chi connectivity index (χ3v) is 9.58. The summed E-state index contributed by atoms with van der Waals surface area (Å²) in [6, 6.07) is 21.1. The minimum Gasteiger partial charge on any atom is -0.480 e. The number of thioether (sulfide) groups is 1. The molecule has 1 aliphatic carbocycles.